The fraction of sp³-hybridized carbons (Fsp3) is 0.571. The molecular formula is C21H30N2O4. The van der Waals surface area contributed by atoms with E-state index in [4.69, 9.17) is 4.74 Å². The van der Waals surface area contributed by atoms with E-state index in [1.54, 1.807) is 12.1 Å². The number of nitrogens with one attached hydrogen (secondary N) is 2. The zero-order chi connectivity index (χ0) is 20.0. The number of ether oxygens (including phenoxy) is 1. The van der Waals surface area contributed by atoms with Gasteiger partial charge < -0.3 is 15.4 Å². The second-order valence-electron chi connectivity index (χ2n) is 8.13. The minimum absolute atomic E-state index is 0.00796. The van der Waals surface area contributed by atoms with Gasteiger partial charge in [-0.25, -0.2) is 0 Å². The van der Waals surface area contributed by atoms with E-state index >= 15 is 0 Å². The van der Waals surface area contributed by atoms with E-state index in [1.807, 2.05) is 12.1 Å². The summed E-state index contributed by atoms with van der Waals surface area (Å²) < 4.78 is 5.11. The van der Waals surface area contributed by atoms with Crippen LogP contribution in [0.15, 0.2) is 24.3 Å². The summed E-state index contributed by atoms with van der Waals surface area (Å²) in [6.45, 7) is 7.56. The second kappa shape index (κ2) is 9.02. The first-order valence-electron chi connectivity index (χ1n) is 9.55. The van der Waals surface area contributed by atoms with Crippen molar-refractivity contribution in [2.75, 3.05) is 6.54 Å². The molecule has 2 amide bonds. The maximum atomic E-state index is 12.2. The molecule has 2 N–H and O–H groups in total. The maximum absolute atomic E-state index is 12.2. The first kappa shape index (κ1) is 20.9. The third-order valence-corrected chi connectivity index (χ3v) is 4.79. The summed E-state index contributed by atoms with van der Waals surface area (Å²) in [4.78, 5) is 36.1. The molecule has 0 aliphatic heterocycles. The van der Waals surface area contributed by atoms with E-state index in [1.165, 1.54) is 6.92 Å². The van der Waals surface area contributed by atoms with E-state index in [2.05, 4.69) is 31.4 Å². The first-order chi connectivity index (χ1) is 12.7. The van der Waals surface area contributed by atoms with Gasteiger partial charge in [0.05, 0.1) is 0 Å². The van der Waals surface area contributed by atoms with Crippen LogP contribution in [-0.4, -0.2) is 36.5 Å². The molecule has 1 aliphatic carbocycles. The van der Waals surface area contributed by atoms with Gasteiger partial charge in [-0.2, -0.15) is 0 Å². The van der Waals surface area contributed by atoms with Crippen LogP contribution in [0, 0.1) is 0 Å². The van der Waals surface area contributed by atoms with Crippen molar-refractivity contribution in [3.8, 4) is 0 Å². The number of benzene rings is 1. The van der Waals surface area contributed by atoms with Crippen molar-refractivity contribution in [3.63, 3.8) is 0 Å². The minimum Gasteiger partial charge on any atom is -0.451 e. The lowest BCUT2D eigenvalue weighted by Gasteiger charge is -2.19. The van der Waals surface area contributed by atoms with Crippen LogP contribution in [0.2, 0.25) is 0 Å². The normalized spacial score (nSPS) is 15.9. The Morgan fingerprint density at radius 2 is 1.70 bits per heavy atom. The lowest BCUT2D eigenvalue weighted by atomic mass is 9.87. The number of hydrogen-bond acceptors (Lipinski definition) is 4. The van der Waals surface area contributed by atoms with Crippen molar-refractivity contribution in [1.29, 1.82) is 0 Å². The quantitative estimate of drug-likeness (QED) is 0.750. The molecule has 1 aromatic carbocycles. The maximum Gasteiger partial charge on any atom is 0.326 e. The molecule has 0 spiro atoms. The summed E-state index contributed by atoms with van der Waals surface area (Å²) in [6.07, 6.45) is 3.29. The number of amides is 2. The zero-order valence-corrected chi connectivity index (χ0v) is 16.6. The summed E-state index contributed by atoms with van der Waals surface area (Å²) in [7, 11) is 0. The summed E-state index contributed by atoms with van der Waals surface area (Å²) in [5.41, 5.74) is 1.61. The van der Waals surface area contributed by atoms with E-state index in [0.717, 1.165) is 31.2 Å². The highest BCUT2D eigenvalue weighted by molar-refractivity contribution is 5.96. The van der Waals surface area contributed by atoms with E-state index < -0.39 is 12.1 Å². The monoisotopic (exact) mass is 374 g/mol. The van der Waals surface area contributed by atoms with Crippen LogP contribution < -0.4 is 10.6 Å². The number of carbonyl (C=O) groups is 3. The van der Waals surface area contributed by atoms with Crippen LogP contribution in [0.5, 0.6) is 0 Å². The Bertz CT molecular complexity index is 670. The van der Waals surface area contributed by atoms with Gasteiger partial charge >= 0.3 is 5.97 Å². The molecule has 2 rings (SSSR count). The summed E-state index contributed by atoms with van der Waals surface area (Å²) >= 11 is 0. The second-order valence-corrected chi connectivity index (χ2v) is 8.13. The molecule has 1 saturated carbocycles. The summed E-state index contributed by atoms with van der Waals surface area (Å²) in [5, 5.41) is 5.42. The van der Waals surface area contributed by atoms with Crippen molar-refractivity contribution in [2.24, 2.45) is 0 Å². The van der Waals surface area contributed by atoms with Crippen LogP contribution in [-0.2, 0) is 19.7 Å². The molecule has 1 aromatic rings. The number of rotatable bonds is 6. The zero-order valence-electron chi connectivity index (χ0n) is 16.6. The topological polar surface area (TPSA) is 84.5 Å². The highest BCUT2D eigenvalue weighted by Crippen LogP contribution is 2.22. The van der Waals surface area contributed by atoms with Gasteiger partial charge in [-0.15, -0.1) is 0 Å². The Kier molecular flexibility index (Phi) is 6.99. The number of carbonyl (C=O) groups excluding carboxylic acids is 3. The molecule has 1 fully saturated rings. The molecule has 148 valence electrons. The highest BCUT2D eigenvalue weighted by atomic mass is 16.5. The molecule has 0 radical (unpaired) electrons. The largest absolute Gasteiger partial charge is 0.451 e. The third-order valence-electron chi connectivity index (χ3n) is 4.79. The fourth-order valence-electron chi connectivity index (χ4n) is 3.06. The summed E-state index contributed by atoms with van der Waals surface area (Å²) in [6, 6.07) is 7.46. The molecule has 6 heteroatoms. The lowest BCUT2D eigenvalue weighted by Crippen LogP contribution is -2.42. The molecule has 0 aromatic heterocycles. The van der Waals surface area contributed by atoms with Gasteiger partial charge in [-0.1, -0.05) is 45.7 Å². The van der Waals surface area contributed by atoms with Gasteiger partial charge in [0.15, 0.2) is 6.10 Å². The van der Waals surface area contributed by atoms with Gasteiger partial charge in [0.1, 0.15) is 6.54 Å². The smallest absolute Gasteiger partial charge is 0.326 e. The predicted molar refractivity (Wildman–Crippen MR) is 103 cm³/mol. The van der Waals surface area contributed by atoms with E-state index in [9.17, 15) is 14.4 Å². The van der Waals surface area contributed by atoms with Crippen LogP contribution >= 0.6 is 0 Å². The fourth-order valence-corrected chi connectivity index (χ4v) is 3.06. The molecule has 1 atom stereocenters. The van der Waals surface area contributed by atoms with Gasteiger partial charge in [-0.3, -0.25) is 14.4 Å². The first-order valence-corrected chi connectivity index (χ1v) is 9.55. The van der Waals surface area contributed by atoms with E-state index in [-0.39, 0.29) is 29.8 Å². The average molecular weight is 374 g/mol. The highest BCUT2D eigenvalue weighted by Gasteiger charge is 2.23. The lowest BCUT2D eigenvalue weighted by molar-refractivity contribution is -0.154. The van der Waals surface area contributed by atoms with Gasteiger partial charge in [0.2, 0.25) is 0 Å². The van der Waals surface area contributed by atoms with Gasteiger partial charge in [-0.05, 0) is 42.9 Å². The third kappa shape index (κ3) is 6.38. The molecule has 27 heavy (non-hydrogen) atoms. The molecule has 6 nitrogen and oxygen atoms in total. The number of hydrogen-bond donors (Lipinski definition) is 2. The average Bonchev–Trinajstić information content (AvgIpc) is 3.12. The van der Waals surface area contributed by atoms with Gasteiger partial charge in [0, 0.05) is 11.6 Å². The van der Waals surface area contributed by atoms with Crippen LogP contribution in [0.3, 0.4) is 0 Å². The Labute approximate surface area is 161 Å². The summed E-state index contributed by atoms with van der Waals surface area (Å²) in [5.74, 6) is -1.28. The molecule has 0 bridgehead atoms. The standard InChI is InChI=1S/C21H30N2O4/c1-14(19(25)23-17-7-5-6-8-17)27-18(24)13-22-20(26)15-9-11-16(12-10-15)21(2,3)4/h9-12,14,17H,5-8,13H2,1-4H3,(H,22,26)(H,23,25)/t14-/m1/s1. The van der Waals surface area contributed by atoms with Crippen LogP contribution in [0.4, 0.5) is 0 Å². The molecule has 1 aliphatic rings. The Morgan fingerprint density at radius 3 is 2.26 bits per heavy atom. The Balaban J connectivity index is 1.77. The van der Waals surface area contributed by atoms with Crippen LogP contribution in [0.25, 0.3) is 0 Å². The SMILES string of the molecule is C[C@@H](OC(=O)CNC(=O)c1ccc(C(C)(C)C)cc1)C(=O)NC1CCCC1. The molecule has 0 saturated heterocycles. The number of esters is 1. The Hall–Kier alpha value is -2.37. The Morgan fingerprint density at radius 1 is 1.11 bits per heavy atom. The molecule has 0 heterocycles. The van der Waals surface area contributed by atoms with Crippen molar-refractivity contribution in [1.82, 2.24) is 10.6 Å². The molecular weight excluding hydrogens is 344 g/mol. The predicted octanol–water partition coefficient (Wildman–Crippen LogP) is 2.70. The van der Waals surface area contributed by atoms with Crippen molar-refractivity contribution >= 4 is 17.8 Å². The van der Waals surface area contributed by atoms with Crippen molar-refractivity contribution in [2.45, 2.75) is 70.9 Å². The van der Waals surface area contributed by atoms with Gasteiger partial charge in [0.25, 0.3) is 11.8 Å². The molecule has 0 unspecified atom stereocenters. The van der Waals surface area contributed by atoms with Crippen molar-refractivity contribution in [3.05, 3.63) is 35.4 Å². The minimum atomic E-state index is -0.874. The van der Waals surface area contributed by atoms with Crippen LogP contribution in [0.1, 0.15) is 69.3 Å². The van der Waals surface area contributed by atoms with Crippen molar-refractivity contribution < 1.29 is 19.1 Å². The van der Waals surface area contributed by atoms with E-state index in [0.29, 0.717) is 5.56 Å².